The molecular weight excluding hydrogens is 232 g/mol. The van der Waals surface area contributed by atoms with Crippen LogP contribution in [-0.2, 0) is 4.74 Å². The van der Waals surface area contributed by atoms with E-state index in [1.165, 1.54) is 0 Å². The zero-order valence-electron chi connectivity index (χ0n) is 11.1. The number of hydrogen-bond acceptors (Lipinski definition) is 4. The van der Waals surface area contributed by atoms with Crippen molar-refractivity contribution < 1.29 is 4.74 Å². The summed E-state index contributed by atoms with van der Waals surface area (Å²) in [5.41, 5.74) is 1.10. The molecule has 96 valence electrons. The maximum Gasteiger partial charge on any atom is 0.112 e. The topological polar surface area (TPSA) is 34.1 Å². The van der Waals surface area contributed by atoms with Crippen molar-refractivity contribution in [3.8, 4) is 0 Å². The highest BCUT2D eigenvalue weighted by atomic mass is 32.1. The van der Waals surface area contributed by atoms with Gasteiger partial charge < -0.3 is 10.1 Å². The van der Waals surface area contributed by atoms with E-state index in [-0.39, 0.29) is 12.1 Å². The van der Waals surface area contributed by atoms with Gasteiger partial charge in [0.1, 0.15) is 5.01 Å². The van der Waals surface area contributed by atoms with Crippen molar-refractivity contribution in [2.45, 2.75) is 64.8 Å². The Morgan fingerprint density at radius 1 is 1.47 bits per heavy atom. The molecule has 3 nitrogen and oxygen atoms in total. The third-order valence-corrected chi connectivity index (χ3v) is 4.10. The van der Waals surface area contributed by atoms with Gasteiger partial charge in [-0.25, -0.2) is 4.98 Å². The smallest absolute Gasteiger partial charge is 0.112 e. The summed E-state index contributed by atoms with van der Waals surface area (Å²) in [6.07, 6.45) is 2.95. The van der Waals surface area contributed by atoms with Crippen molar-refractivity contribution in [1.29, 1.82) is 0 Å². The maximum absolute atomic E-state index is 5.99. The van der Waals surface area contributed by atoms with Crippen LogP contribution in [0.5, 0.6) is 0 Å². The highest BCUT2D eigenvalue weighted by Crippen LogP contribution is 2.31. The molecule has 0 bridgehead atoms. The molecule has 1 N–H and O–H groups in total. The van der Waals surface area contributed by atoms with Gasteiger partial charge in [0.05, 0.1) is 18.2 Å². The second-order valence-electron chi connectivity index (χ2n) is 5.19. The molecule has 1 aliphatic heterocycles. The monoisotopic (exact) mass is 254 g/mol. The Morgan fingerprint density at radius 3 is 2.71 bits per heavy atom. The number of aryl methyl sites for hydroxylation is 1. The van der Waals surface area contributed by atoms with E-state index >= 15 is 0 Å². The maximum atomic E-state index is 5.99. The van der Waals surface area contributed by atoms with Crippen LogP contribution in [-0.4, -0.2) is 23.2 Å². The van der Waals surface area contributed by atoms with Crippen molar-refractivity contribution >= 4 is 11.3 Å². The third-order valence-electron chi connectivity index (χ3n) is 3.05. The lowest BCUT2D eigenvalue weighted by atomic mass is 10.1. The first-order chi connectivity index (χ1) is 8.06. The van der Waals surface area contributed by atoms with Gasteiger partial charge in [-0.15, -0.1) is 11.3 Å². The van der Waals surface area contributed by atoms with Gasteiger partial charge in [-0.3, -0.25) is 0 Å². The van der Waals surface area contributed by atoms with E-state index in [4.69, 9.17) is 4.74 Å². The van der Waals surface area contributed by atoms with Crippen molar-refractivity contribution in [1.82, 2.24) is 10.3 Å². The molecule has 0 spiro atoms. The lowest BCUT2D eigenvalue weighted by Gasteiger charge is -2.25. The molecule has 2 rings (SSSR count). The average Bonchev–Trinajstić information content (AvgIpc) is 2.84. The number of ether oxygens (including phenoxy) is 1. The highest BCUT2D eigenvalue weighted by molar-refractivity contribution is 7.09. The Kier molecular flexibility index (Phi) is 4.17. The van der Waals surface area contributed by atoms with E-state index < -0.39 is 0 Å². The number of thiazole rings is 1. The molecule has 1 aliphatic rings. The molecule has 2 heterocycles. The summed E-state index contributed by atoms with van der Waals surface area (Å²) in [6.45, 7) is 8.54. The van der Waals surface area contributed by atoms with Crippen LogP contribution < -0.4 is 5.32 Å². The largest absolute Gasteiger partial charge is 0.373 e. The van der Waals surface area contributed by atoms with Gasteiger partial charge in [-0.1, -0.05) is 13.8 Å². The molecule has 1 fully saturated rings. The molecule has 0 saturated carbocycles. The minimum absolute atomic E-state index is 0.249. The zero-order valence-corrected chi connectivity index (χ0v) is 11.9. The van der Waals surface area contributed by atoms with Gasteiger partial charge >= 0.3 is 0 Å². The fourth-order valence-corrected chi connectivity index (χ4v) is 3.20. The Balaban J connectivity index is 2.13. The summed E-state index contributed by atoms with van der Waals surface area (Å²) < 4.78 is 5.99. The summed E-state index contributed by atoms with van der Waals surface area (Å²) in [5, 5.41) is 6.87. The number of aromatic nitrogens is 1. The Hall–Kier alpha value is -0.450. The molecule has 17 heavy (non-hydrogen) atoms. The van der Waals surface area contributed by atoms with Crippen LogP contribution in [0.1, 0.15) is 50.4 Å². The highest BCUT2D eigenvalue weighted by Gasteiger charge is 2.32. The molecule has 0 amide bonds. The fourth-order valence-electron chi connectivity index (χ4n) is 2.29. The lowest BCUT2D eigenvalue weighted by molar-refractivity contribution is 0.0295. The van der Waals surface area contributed by atoms with Gasteiger partial charge in [-0.2, -0.15) is 0 Å². The number of nitrogens with zero attached hydrogens (tertiary/aromatic N) is 1. The second kappa shape index (κ2) is 5.46. The predicted molar refractivity (Wildman–Crippen MR) is 71.4 cm³/mol. The molecule has 3 unspecified atom stereocenters. The van der Waals surface area contributed by atoms with E-state index in [1.54, 1.807) is 11.3 Å². The summed E-state index contributed by atoms with van der Waals surface area (Å²) in [5.74, 6) is 0. The summed E-state index contributed by atoms with van der Waals surface area (Å²) in [7, 11) is 0. The van der Waals surface area contributed by atoms with Crippen molar-refractivity contribution in [3.63, 3.8) is 0 Å². The SMILES string of the molecule is Cc1csc(C(NC(C)C)C2CCC(C)O2)n1. The molecule has 0 aliphatic carbocycles. The van der Waals surface area contributed by atoms with E-state index in [2.05, 4.69) is 36.5 Å². The first-order valence-corrected chi connectivity index (χ1v) is 7.27. The number of rotatable bonds is 4. The Bertz CT molecular complexity index is 364. The van der Waals surface area contributed by atoms with Gasteiger partial charge in [0.25, 0.3) is 0 Å². The normalized spacial score (nSPS) is 26.6. The second-order valence-corrected chi connectivity index (χ2v) is 6.08. The van der Waals surface area contributed by atoms with E-state index in [1.807, 2.05) is 6.92 Å². The molecule has 0 aromatic carbocycles. The predicted octanol–water partition coefficient (Wildman–Crippen LogP) is 3.06. The van der Waals surface area contributed by atoms with Crippen LogP contribution in [0.2, 0.25) is 0 Å². The van der Waals surface area contributed by atoms with Crippen LogP contribution in [0.15, 0.2) is 5.38 Å². The molecule has 0 radical (unpaired) electrons. The van der Waals surface area contributed by atoms with Crippen LogP contribution >= 0.6 is 11.3 Å². The van der Waals surface area contributed by atoms with Crippen LogP contribution in [0.4, 0.5) is 0 Å². The van der Waals surface area contributed by atoms with Crippen molar-refractivity contribution in [3.05, 3.63) is 16.1 Å². The fraction of sp³-hybridized carbons (Fsp3) is 0.769. The quantitative estimate of drug-likeness (QED) is 0.896. The van der Waals surface area contributed by atoms with Gasteiger partial charge in [-0.05, 0) is 26.7 Å². The summed E-state index contributed by atoms with van der Waals surface area (Å²) in [6, 6.07) is 0.697. The first kappa shape index (κ1) is 13.0. The minimum atomic E-state index is 0.249. The minimum Gasteiger partial charge on any atom is -0.373 e. The molecule has 3 atom stereocenters. The molecule has 1 aromatic heterocycles. The zero-order chi connectivity index (χ0) is 12.4. The third kappa shape index (κ3) is 3.27. The summed E-state index contributed by atoms with van der Waals surface area (Å²) >= 11 is 1.73. The van der Waals surface area contributed by atoms with Crippen LogP contribution in [0.3, 0.4) is 0 Å². The van der Waals surface area contributed by atoms with Crippen molar-refractivity contribution in [2.24, 2.45) is 0 Å². The Labute approximate surface area is 108 Å². The standard InChI is InChI=1S/C13H22N2OS/c1-8(2)14-12(11-6-5-10(4)16-11)13-15-9(3)7-17-13/h7-8,10-12,14H,5-6H2,1-4H3. The first-order valence-electron chi connectivity index (χ1n) is 6.40. The molecule has 4 heteroatoms. The van der Waals surface area contributed by atoms with Crippen molar-refractivity contribution in [2.75, 3.05) is 0 Å². The van der Waals surface area contributed by atoms with Gasteiger partial charge in [0.15, 0.2) is 0 Å². The van der Waals surface area contributed by atoms with Gasteiger partial charge in [0, 0.05) is 17.1 Å². The van der Waals surface area contributed by atoms with Crippen LogP contribution in [0, 0.1) is 6.92 Å². The van der Waals surface area contributed by atoms with E-state index in [0.717, 1.165) is 23.5 Å². The number of nitrogens with one attached hydrogen (secondary N) is 1. The molecule has 1 saturated heterocycles. The average molecular weight is 254 g/mol. The molecular formula is C13H22N2OS. The van der Waals surface area contributed by atoms with E-state index in [9.17, 15) is 0 Å². The van der Waals surface area contributed by atoms with E-state index in [0.29, 0.717) is 12.1 Å². The number of hydrogen-bond donors (Lipinski definition) is 1. The summed E-state index contributed by atoms with van der Waals surface area (Å²) in [4.78, 5) is 4.61. The molecule has 1 aromatic rings. The van der Waals surface area contributed by atoms with Crippen LogP contribution in [0.25, 0.3) is 0 Å². The Morgan fingerprint density at radius 2 is 2.24 bits per heavy atom. The van der Waals surface area contributed by atoms with Gasteiger partial charge in [0.2, 0.25) is 0 Å². The lowest BCUT2D eigenvalue weighted by Crippen LogP contribution is -2.36.